The first-order valence-corrected chi connectivity index (χ1v) is 9.26. The summed E-state index contributed by atoms with van der Waals surface area (Å²) in [7, 11) is 0. The van der Waals surface area contributed by atoms with Crippen molar-refractivity contribution in [3.63, 3.8) is 0 Å². The molecule has 1 aromatic heterocycles. The molecular weight excluding hydrogens is 356 g/mol. The summed E-state index contributed by atoms with van der Waals surface area (Å²) in [6, 6.07) is 8.22. The molecule has 0 amide bonds. The van der Waals surface area contributed by atoms with E-state index in [0.717, 1.165) is 24.9 Å². The van der Waals surface area contributed by atoms with Crippen molar-refractivity contribution in [3.8, 4) is 11.4 Å². The summed E-state index contributed by atoms with van der Waals surface area (Å²) in [6.07, 6.45) is 4.21. The number of benzene rings is 1. The Kier molecular flexibility index (Phi) is 4.82. The fraction of sp³-hybridized carbons (Fsp3) is 0.500. The molecule has 2 saturated carbocycles. The highest BCUT2D eigenvalue weighted by molar-refractivity contribution is 6.30. The van der Waals surface area contributed by atoms with Crippen LogP contribution in [0.3, 0.4) is 0 Å². The maximum absolute atomic E-state index is 11.1. The van der Waals surface area contributed by atoms with E-state index in [1.165, 1.54) is 12.8 Å². The molecule has 1 aromatic carbocycles. The fourth-order valence-corrected chi connectivity index (χ4v) is 3.54. The third-order valence-electron chi connectivity index (χ3n) is 4.99. The largest absolute Gasteiger partial charge is 0.480 e. The summed E-state index contributed by atoms with van der Waals surface area (Å²) in [4.78, 5) is 17.6. The second-order valence-electron chi connectivity index (χ2n) is 7.17. The van der Waals surface area contributed by atoms with Crippen LogP contribution in [-0.2, 0) is 4.79 Å². The molecule has 4 rings (SSSR count). The number of rotatable bonds is 8. The van der Waals surface area contributed by atoms with Crippen molar-refractivity contribution in [2.45, 2.75) is 37.8 Å². The van der Waals surface area contributed by atoms with Gasteiger partial charge in [-0.25, -0.2) is 0 Å². The second-order valence-corrected chi connectivity index (χ2v) is 7.60. The fourth-order valence-electron chi connectivity index (χ4n) is 3.35. The molecule has 0 spiro atoms. The maximum Gasteiger partial charge on any atom is 0.322 e. The summed E-state index contributed by atoms with van der Waals surface area (Å²) in [6.45, 7) is 1.01. The topological polar surface area (TPSA) is 91.5 Å². The first-order chi connectivity index (χ1) is 12.6. The van der Waals surface area contributed by atoms with E-state index in [2.05, 4.69) is 20.4 Å². The van der Waals surface area contributed by atoms with Gasteiger partial charge in [-0.2, -0.15) is 4.98 Å². The van der Waals surface area contributed by atoms with Crippen molar-refractivity contribution in [2.24, 2.45) is 5.92 Å². The summed E-state index contributed by atoms with van der Waals surface area (Å²) >= 11 is 5.99. The highest BCUT2D eigenvalue weighted by Crippen LogP contribution is 2.34. The van der Waals surface area contributed by atoms with E-state index in [9.17, 15) is 4.79 Å². The highest BCUT2D eigenvalue weighted by Gasteiger charge is 2.37. The molecule has 138 valence electrons. The standard InChI is InChI=1S/C18H21ClN4O3/c19-13-3-1-2-12(6-13)17-21-18(26-22-17)20-14-7-15(8-14)23(10-16(24)25)9-11-4-5-11/h1-3,6,11,14-15H,4-5,7-10H2,(H,24,25)(H,20,21,22). The number of hydrogen-bond donors (Lipinski definition) is 2. The molecule has 2 aromatic rings. The molecule has 0 unspecified atom stereocenters. The van der Waals surface area contributed by atoms with Crippen LogP contribution in [0.5, 0.6) is 0 Å². The van der Waals surface area contributed by atoms with Crippen molar-refractivity contribution in [2.75, 3.05) is 18.4 Å². The number of halogens is 1. The van der Waals surface area contributed by atoms with Crippen molar-refractivity contribution < 1.29 is 14.4 Å². The van der Waals surface area contributed by atoms with Crippen LogP contribution in [0.25, 0.3) is 11.4 Å². The second kappa shape index (κ2) is 7.25. The normalized spacial score (nSPS) is 22.2. The van der Waals surface area contributed by atoms with Gasteiger partial charge in [0.05, 0.1) is 6.54 Å². The number of carboxylic acids is 1. The minimum atomic E-state index is -0.759. The average Bonchev–Trinajstić information content (AvgIpc) is 3.24. The quantitative estimate of drug-likeness (QED) is 0.731. The molecule has 0 atom stereocenters. The SMILES string of the molecule is O=C(O)CN(CC1CC1)C1CC(Nc2nc(-c3cccc(Cl)c3)no2)C1. The number of hydrogen-bond acceptors (Lipinski definition) is 6. The predicted molar refractivity (Wildman–Crippen MR) is 97.1 cm³/mol. The number of carbonyl (C=O) groups is 1. The lowest BCUT2D eigenvalue weighted by Gasteiger charge is -2.42. The molecule has 1 heterocycles. The van der Waals surface area contributed by atoms with E-state index in [1.54, 1.807) is 12.1 Å². The van der Waals surface area contributed by atoms with Crippen molar-refractivity contribution >= 4 is 23.6 Å². The number of anilines is 1. The van der Waals surface area contributed by atoms with Crippen LogP contribution in [-0.4, -0.2) is 51.3 Å². The Bertz CT molecular complexity index is 786. The molecule has 26 heavy (non-hydrogen) atoms. The number of nitrogens with zero attached hydrogens (tertiary/aromatic N) is 3. The van der Waals surface area contributed by atoms with E-state index >= 15 is 0 Å². The number of aliphatic carboxylic acids is 1. The van der Waals surface area contributed by atoms with Gasteiger partial charge >= 0.3 is 12.0 Å². The molecule has 0 radical (unpaired) electrons. The summed E-state index contributed by atoms with van der Waals surface area (Å²) in [5.74, 6) is 0.412. The van der Waals surface area contributed by atoms with Crippen molar-refractivity contribution in [1.29, 1.82) is 0 Å². The van der Waals surface area contributed by atoms with Gasteiger partial charge in [0.1, 0.15) is 0 Å². The lowest BCUT2D eigenvalue weighted by atomic mass is 9.85. The van der Waals surface area contributed by atoms with E-state index in [-0.39, 0.29) is 12.6 Å². The Labute approximate surface area is 156 Å². The van der Waals surface area contributed by atoms with Crippen LogP contribution in [0.2, 0.25) is 5.02 Å². The van der Waals surface area contributed by atoms with Gasteiger partial charge in [-0.1, -0.05) is 28.9 Å². The van der Waals surface area contributed by atoms with E-state index < -0.39 is 5.97 Å². The maximum atomic E-state index is 11.1. The summed E-state index contributed by atoms with van der Waals surface area (Å²) in [5, 5.41) is 17.0. The Morgan fingerprint density at radius 3 is 2.88 bits per heavy atom. The first kappa shape index (κ1) is 17.3. The van der Waals surface area contributed by atoms with Gasteiger partial charge in [0.2, 0.25) is 5.82 Å². The van der Waals surface area contributed by atoms with Crippen LogP contribution < -0.4 is 5.32 Å². The molecule has 7 nitrogen and oxygen atoms in total. The lowest BCUT2D eigenvalue weighted by Crippen LogP contribution is -2.52. The van der Waals surface area contributed by atoms with Crippen LogP contribution in [0.1, 0.15) is 25.7 Å². The Morgan fingerprint density at radius 2 is 2.19 bits per heavy atom. The Balaban J connectivity index is 1.31. The lowest BCUT2D eigenvalue weighted by molar-refractivity contribution is -0.139. The molecule has 2 fully saturated rings. The molecule has 2 N–H and O–H groups in total. The summed E-state index contributed by atoms with van der Waals surface area (Å²) < 4.78 is 5.28. The minimum absolute atomic E-state index is 0.118. The van der Waals surface area contributed by atoms with Crippen LogP contribution in [0.15, 0.2) is 28.8 Å². The Hall–Kier alpha value is -2.12. The third-order valence-corrected chi connectivity index (χ3v) is 5.23. The van der Waals surface area contributed by atoms with Gasteiger partial charge in [0.15, 0.2) is 0 Å². The van der Waals surface area contributed by atoms with Gasteiger partial charge in [-0.15, -0.1) is 0 Å². The van der Waals surface area contributed by atoms with E-state index in [1.807, 2.05) is 12.1 Å². The molecule has 8 heteroatoms. The monoisotopic (exact) mass is 376 g/mol. The molecule has 0 saturated heterocycles. The highest BCUT2D eigenvalue weighted by atomic mass is 35.5. The molecule has 0 bridgehead atoms. The van der Waals surface area contributed by atoms with Gasteiger partial charge in [0.25, 0.3) is 0 Å². The van der Waals surface area contributed by atoms with Gasteiger partial charge in [-0.3, -0.25) is 9.69 Å². The van der Waals surface area contributed by atoms with E-state index in [0.29, 0.717) is 28.8 Å². The minimum Gasteiger partial charge on any atom is -0.480 e. The number of nitrogens with one attached hydrogen (secondary N) is 1. The smallest absolute Gasteiger partial charge is 0.322 e. The van der Waals surface area contributed by atoms with Crippen LogP contribution in [0, 0.1) is 5.92 Å². The Morgan fingerprint density at radius 1 is 1.38 bits per heavy atom. The zero-order chi connectivity index (χ0) is 18.1. The number of aromatic nitrogens is 2. The summed E-state index contributed by atoms with van der Waals surface area (Å²) in [5.41, 5.74) is 0.804. The predicted octanol–water partition coefficient (Wildman–Crippen LogP) is 3.13. The van der Waals surface area contributed by atoms with Gasteiger partial charge in [0, 0.05) is 29.2 Å². The zero-order valence-electron chi connectivity index (χ0n) is 14.3. The van der Waals surface area contributed by atoms with Crippen LogP contribution in [0.4, 0.5) is 6.01 Å². The molecule has 2 aliphatic rings. The van der Waals surface area contributed by atoms with Gasteiger partial charge in [-0.05, 0) is 43.7 Å². The molecular formula is C18H21ClN4O3. The molecule has 0 aliphatic heterocycles. The molecule has 2 aliphatic carbocycles. The van der Waals surface area contributed by atoms with E-state index in [4.69, 9.17) is 21.2 Å². The van der Waals surface area contributed by atoms with Crippen LogP contribution >= 0.6 is 11.6 Å². The average molecular weight is 377 g/mol. The van der Waals surface area contributed by atoms with Crippen molar-refractivity contribution in [3.05, 3.63) is 29.3 Å². The van der Waals surface area contributed by atoms with Gasteiger partial charge < -0.3 is 14.9 Å². The number of carboxylic acid groups (broad SMARTS) is 1. The third kappa shape index (κ3) is 4.16. The zero-order valence-corrected chi connectivity index (χ0v) is 15.0. The first-order valence-electron chi connectivity index (χ1n) is 8.89. The van der Waals surface area contributed by atoms with Crippen molar-refractivity contribution in [1.82, 2.24) is 15.0 Å².